The van der Waals surface area contributed by atoms with Gasteiger partial charge in [-0.2, -0.15) is 8.42 Å². The van der Waals surface area contributed by atoms with Crippen molar-refractivity contribution in [2.24, 2.45) is 56.7 Å². The lowest BCUT2D eigenvalue weighted by atomic mass is 9.41. The Kier molecular flexibility index (Phi) is 6.81. The Morgan fingerprint density at radius 3 is 2.16 bits per heavy atom. The number of rotatable bonds is 8. The van der Waals surface area contributed by atoms with E-state index >= 15 is 0 Å². The van der Waals surface area contributed by atoms with Gasteiger partial charge in [-0.05, 0) is 122 Å². The SMILES string of the molecule is CC(C)C[C@H](O)C[C@@H](C)[C@H]1CC[C@@]2(C)[C@@H]3CC[C@H]4[C@](C)(COS(=O)(=O)O)[C@@H](O)CC[C@@]45C[C@@]35CC[C@]12C. The molecule has 5 saturated carbocycles. The van der Waals surface area contributed by atoms with Crippen molar-refractivity contribution in [3.63, 3.8) is 0 Å². The second-order valence-corrected chi connectivity index (χ2v) is 16.5. The fourth-order valence-corrected chi connectivity index (χ4v) is 12.2. The molecule has 0 amide bonds. The van der Waals surface area contributed by atoms with Gasteiger partial charge in [-0.3, -0.25) is 4.55 Å². The summed E-state index contributed by atoms with van der Waals surface area (Å²) in [6.07, 6.45) is 10.9. The molecule has 0 aromatic heterocycles. The molecule has 0 bridgehead atoms. The Hall–Kier alpha value is -0.210. The van der Waals surface area contributed by atoms with Crippen LogP contribution in [0.5, 0.6) is 0 Å². The number of fused-ring (bicyclic) bond motifs is 2. The van der Waals surface area contributed by atoms with Crippen molar-refractivity contribution in [1.82, 2.24) is 0 Å². The van der Waals surface area contributed by atoms with Crippen molar-refractivity contribution < 1.29 is 27.4 Å². The van der Waals surface area contributed by atoms with E-state index in [1.807, 2.05) is 6.92 Å². The molecular weight excluding hydrogens is 488 g/mol. The topological polar surface area (TPSA) is 104 Å². The van der Waals surface area contributed by atoms with E-state index in [9.17, 15) is 23.2 Å². The van der Waals surface area contributed by atoms with Gasteiger partial charge in [0.15, 0.2) is 0 Å². The maximum absolute atomic E-state index is 11.4. The fraction of sp³-hybridized carbons (Fsp3) is 1.00. The number of hydrogen-bond donors (Lipinski definition) is 3. The molecule has 5 aliphatic carbocycles. The predicted molar refractivity (Wildman–Crippen MR) is 144 cm³/mol. The largest absolute Gasteiger partial charge is 0.397 e. The van der Waals surface area contributed by atoms with Gasteiger partial charge in [0.25, 0.3) is 0 Å². The second kappa shape index (κ2) is 8.89. The summed E-state index contributed by atoms with van der Waals surface area (Å²) >= 11 is 0. The van der Waals surface area contributed by atoms with Crippen molar-refractivity contribution in [2.75, 3.05) is 6.61 Å². The highest BCUT2D eigenvalue weighted by Gasteiger charge is 2.82. The van der Waals surface area contributed by atoms with Crippen LogP contribution in [0.15, 0.2) is 0 Å². The van der Waals surface area contributed by atoms with Crippen LogP contribution in [0.3, 0.4) is 0 Å². The Labute approximate surface area is 225 Å². The molecule has 0 saturated heterocycles. The minimum absolute atomic E-state index is 0.145. The summed E-state index contributed by atoms with van der Waals surface area (Å²) < 4.78 is 37.1. The molecule has 5 rings (SSSR count). The van der Waals surface area contributed by atoms with Crippen molar-refractivity contribution in [3.8, 4) is 0 Å². The molecule has 11 atom stereocenters. The molecule has 0 aromatic rings. The molecule has 5 fully saturated rings. The molecule has 37 heavy (non-hydrogen) atoms. The first-order valence-corrected chi connectivity index (χ1v) is 16.4. The molecule has 0 aromatic carbocycles. The Morgan fingerprint density at radius 1 is 0.865 bits per heavy atom. The number of aliphatic hydroxyl groups excluding tert-OH is 2. The van der Waals surface area contributed by atoms with Gasteiger partial charge in [0.05, 0.1) is 18.8 Å². The van der Waals surface area contributed by atoms with E-state index in [-0.39, 0.29) is 34.9 Å². The Balaban J connectivity index is 1.39. The molecule has 6 nitrogen and oxygen atoms in total. The minimum atomic E-state index is -4.54. The van der Waals surface area contributed by atoms with E-state index in [2.05, 4.69) is 34.6 Å². The van der Waals surface area contributed by atoms with Crippen LogP contribution in [0.25, 0.3) is 0 Å². The highest BCUT2D eigenvalue weighted by molar-refractivity contribution is 7.80. The zero-order chi connectivity index (χ0) is 27.2. The van der Waals surface area contributed by atoms with Crippen LogP contribution in [-0.4, -0.2) is 42.0 Å². The normalized spacial score (nSPS) is 50.5. The second-order valence-electron chi connectivity index (χ2n) is 15.4. The van der Waals surface area contributed by atoms with Crippen LogP contribution in [-0.2, 0) is 14.6 Å². The lowest BCUT2D eigenvalue weighted by Crippen LogP contribution is -2.59. The summed E-state index contributed by atoms with van der Waals surface area (Å²) in [5, 5.41) is 21.8. The standard InChI is InChI=1S/C30H52O6S/c1-19(2)15-21(31)16-20(3)22-9-11-28(6)24-8-7-23-26(4,18-36-37(33,34)35)25(32)10-12-29(23)17-30(24,29)14-13-27(22,28)5/h19-25,31-32H,7-18H2,1-6H3,(H,33,34,35)/t20-,21+,22-,23+,24+,25+,26+,27-,28+,29-,30+/m1/s1. The third kappa shape index (κ3) is 4.02. The van der Waals surface area contributed by atoms with E-state index in [4.69, 9.17) is 4.18 Å². The molecule has 7 heteroatoms. The Morgan fingerprint density at radius 2 is 1.51 bits per heavy atom. The summed E-state index contributed by atoms with van der Waals surface area (Å²) in [6, 6.07) is 0. The van der Waals surface area contributed by atoms with Crippen LogP contribution in [0.1, 0.15) is 112 Å². The molecular formula is C30H52O6S. The average Bonchev–Trinajstić information content (AvgIpc) is 3.36. The molecule has 5 aliphatic rings. The monoisotopic (exact) mass is 540 g/mol. The van der Waals surface area contributed by atoms with Gasteiger partial charge in [-0.25, -0.2) is 4.18 Å². The third-order valence-electron chi connectivity index (χ3n) is 13.5. The molecule has 2 spiro atoms. The molecule has 0 radical (unpaired) electrons. The maximum Gasteiger partial charge on any atom is 0.397 e. The highest BCUT2D eigenvalue weighted by Crippen LogP contribution is 2.89. The average molecular weight is 541 g/mol. The molecule has 0 aliphatic heterocycles. The van der Waals surface area contributed by atoms with Gasteiger partial charge in [-0.1, -0.05) is 41.5 Å². The summed E-state index contributed by atoms with van der Waals surface area (Å²) in [6.45, 7) is 13.8. The molecule has 0 heterocycles. The van der Waals surface area contributed by atoms with Crippen LogP contribution in [0.2, 0.25) is 0 Å². The van der Waals surface area contributed by atoms with E-state index in [0.29, 0.717) is 35.5 Å². The summed E-state index contributed by atoms with van der Waals surface area (Å²) in [5.41, 5.74) is 0.345. The van der Waals surface area contributed by atoms with E-state index < -0.39 is 21.9 Å². The summed E-state index contributed by atoms with van der Waals surface area (Å²) in [7, 11) is -4.54. The van der Waals surface area contributed by atoms with E-state index in [1.54, 1.807) is 0 Å². The lowest BCUT2D eigenvalue weighted by Gasteiger charge is -2.63. The van der Waals surface area contributed by atoms with Crippen LogP contribution in [0.4, 0.5) is 0 Å². The first-order valence-electron chi connectivity index (χ1n) is 15.0. The first kappa shape index (κ1) is 28.3. The van der Waals surface area contributed by atoms with Crippen molar-refractivity contribution in [3.05, 3.63) is 0 Å². The maximum atomic E-state index is 11.4. The van der Waals surface area contributed by atoms with Crippen molar-refractivity contribution in [2.45, 2.75) is 124 Å². The van der Waals surface area contributed by atoms with Crippen molar-refractivity contribution >= 4 is 10.4 Å². The van der Waals surface area contributed by atoms with Crippen LogP contribution in [0, 0.1) is 56.7 Å². The Bertz CT molecular complexity index is 998. The third-order valence-corrected chi connectivity index (χ3v) is 14.0. The summed E-state index contributed by atoms with van der Waals surface area (Å²) in [5.74, 6) is 2.56. The fourth-order valence-electron chi connectivity index (χ4n) is 11.8. The van der Waals surface area contributed by atoms with Gasteiger partial charge in [0.2, 0.25) is 0 Å². The summed E-state index contributed by atoms with van der Waals surface area (Å²) in [4.78, 5) is 0. The first-order chi connectivity index (χ1) is 17.0. The minimum Gasteiger partial charge on any atom is -0.393 e. The smallest absolute Gasteiger partial charge is 0.393 e. The van der Waals surface area contributed by atoms with E-state index in [1.165, 1.54) is 32.1 Å². The predicted octanol–water partition coefficient (Wildman–Crippen LogP) is 6.02. The molecule has 3 N–H and O–H groups in total. The van der Waals surface area contributed by atoms with Gasteiger partial charge in [0, 0.05) is 5.41 Å². The van der Waals surface area contributed by atoms with Gasteiger partial charge in [-0.15, -0.1) is 0 Å². The molecule has 214 valence electrons. The van der Waals surface area contributed by atoms with Gasteiger partial charge in [0.1, 0.15) is 0 Å². The van der Waals surface area contributed by atoms with Crippen molar-refractivity contribution in [1.29, 1.82) is 0 Å². The van der Waals surface area contributed by atoms with Crippen LogP contribution < -0.4 is 0 Å². The van der Waals surface area contributed by atoms with Gasteiger partial charge < -0.3 is 10.2 Å². The van der Waals surface area contributed by atoms with E-state index in [0.717, 1.165) is 32.1 Å². The zero-order valence-corrected chi connectivity index (χ0v) is 24.8. The number of hydrogen-bond acceptors (Lipinski definition) is 5. The van der Waals surface area contributed by atoms with Crippen LogP contribution >= 0.6 is 0 Å². The quantitative estimate of drug-likeness (QED) is 0.325. The van der Waals surface area contributed by atoms with Gasteiger partial charge >= 0.3 is 10.4 Å². The zero-order valence-electron chi connectivity index (χ0n) is 24.0. The lowest BCUT2D eigenvalue weighted by molar-refractivity contribution is -0.173. The highest BCUT2D eigenvalue weighted by atomic mass is 32.3. The number of aliphatic hydroxyl groups is 2. The molecule has 0 unspecified atom stereocenters.